The number of benzene rings is 2. The molecule has 150 valence electrons. The second-order valence-corrected chi connectivity index (χ2v) is 6.90. The van der Waals surface area contributed by atoms with Gasteiger partial charge in [-0.2, -0.15) is 5.26 Å². The number of carbonyl (C=O) groups excluding carboxylic acids is 2. The minimum Gasteiger partial charge on any atom is -0.493 e. The Morgan fingerprint density at radius 3 is 2.55 bits per heavy atom. The molecule has 0 aromatic heterocycles. The van der Waals surface area contributed by atoms with Crippen molar-refractivity contribution in [1.82, 2.24) is 5.32 Å². The molecule has 0 saturated heterocycles. The number of nitriles is 1. The smallest absolute Gasteiger partial charge is 0.343 e. The Hall–Kier alpha value is -3.06. The molecule has 2 aromatic carbocycles. The summed E-state index contributed by atoms with van der Waals surface area (Å²) in [5, 5.41) is 12.1. The number of methoxy groups -OCH3 is 2. The Bertz CT molecular complexity index is 952. The molecule has 8 heteroatoms. The third-order valence-electron chi connectivity index (χ3n) is 3.79. The van der Waals surface area contributed by atoms with E-state index in [1.807, 2.05) is 59.0 Å². The largest absolute Gasteiger partial charge is 0.493 e. The molecule has 0 saturated carbocycles. The maximum Gasteiger partial charge on any atom is 0.343 e. The highest BCUT2D eigenvalue weighted by Crippen LogP contribution is 2.34. The van der Waals surface area contributed by atoms with E-state index in [2.05, 4.69) is 10.1 Å². The summed E-state index contributed by atoms with van der Waals surface area (Å²) in [5.41, 5.74) is 1.48. The Morgan fingerprint density at radius 2 is 1.93 bits per heavy atom. The van der Waals surface area contributed by atoms with E-state index < -0.39 is 11.9 Å². The van der Waals surface area contributed by atoms with Crippen LogP contribution in [0.1, 0.15) is 11.1 Å². The van der Waals surface area contributed by atoms with Gasteiger partial charge in [0.05, 0.1) is 17.8 Å². The maximum atomic E-state index is 12.4. The van der Waals surface area contributed by atoms with Crippen LogP contribution >= 0.6 is 22.6 Å². The van der Waals surface area contributed by atoms with Crippen LogP contribution in [-0.4, -0.2) is 32.7 Å². The fraction of sp³-hybridized carbons (Fsp3) is 0.190. The number of rotatable bonds is 8. The first-order valence-corrected chi connectivity index (χ1v) is 9.57. The number of hydrogen-bond donors (Lipinski definition) is 1. The molecule has 1 amide bonds. The summed E-state index contributed by atoms with van der Waals surface area (Å²) in [6.45, 7) is 0.0588. The lowest BCUT2D eigenvalue weighted by Gasteiger charge is -2.13. The highest BCUT2D eigenvalue weighted by Gasteiger charge is 2.15. The molecule has 0 aliphatic carbocycles. The first-order valence-electron chi connectivity index (χ1n) is 8.49. The molecular formula is C21H19IN2O5. The summed E-state index contributed by atoms with van der Waals surface area (Å²) >= 11 is 2.02. The lowest BCUT2D eigenvalue weighted by molar-refractivity contribution is -0.143. The Labute approximate surface area is 182 Å². The van der Waals surface area contributed by atoms with Crippen LogP contribution in [0.5, 0.6) is 11.5 Å². The van der Waals surface area contributed by atoms with E-state index in [0.29, 0.717) is 27.2 Å². The number of nitrogens with one attached hydrogen (secondary N) is 1. The molecular weight excluding hydrogens is 487 g/mol. The average Bonchev–Trinajstić information content (AvgIpc) is 2.75. The van der Waals surface area contributed by atoms with Gasteiger partial charge < -0.3 is 19.5 Å². The van der Waals surface area contributed by atoms with Gasteiger partial charge in [0.15, 0.2) is 18.1 Å². The zero-order valence-electron chi connectivity index (χ0n) is 15.9. The molecule has 2 rings (SSSR count). The summed E-state index contributed by atoms with van der Waals surface area (Å²) < 4.78 is 16.0. The number of halogens is 1. The van der Waals surface area contributed by atoms with Crippen LogP contribution in [0.25, 0.3) is 6.08 Å². The first kappa shape index (κ1) is 22.2. The summed E-state index contributed by atoms with van der Waals surface area (Å²) in [4.78, 5) is 23.7. The summed E-state index contributed by atoms with van der Waals surface area (Å²) in [6.07, 6.45) is 1.47. The predicted molar refractivity (Wildman–Crippen MR) is 115 cm³/mol. The third kappa shape index (κ3) is 6.50. The van der Waals surface area contributed by atoms with Gasteiger partial charge in [-0.3, -0.25) is 4.79 Å². The van der Waals surface area contributed by atoms with E-state index in [1.165, 1.54) is 20.3 Å². The van der Waals surface area contributed by atoms with E-state index in [0.717, 1.165) is 5.56 Å². The van der Waals surface area contributed by atoms with Crippen molar-refractivity contribution in [3.8, 4) is 17.6 Å². The number of amides is 1. The number of hydrogen-bond acceptors (Lipinski definition) is 6. The molecule has 0 radical (unpaired) electrons. The van der Waals surface area contributed by atoms with Crippen LogP contribution in [0.2, 0.25) is 0 Å². The molecule has 7 nitrogen and oxygen atoms in total. The average molecular weight is 506 g/mol. The number of nitrogens with zero attached hydrogens (tertiary/aromatic N) is 1. The van der Waals surface area contributed by atoms with Crippen LogP contribution in [0.15, 0.2) is 48.0 Å². The van der Waals surface area contributed by atoms with Crippen molar-refractivity contribution in [2.45, 2.75) is 6.54 Å². The number of carbonyl (C=O) groups is 2. The van der Waals surface area contributed by atoms with Crippen LogP contribution in [-0.2, 0) is 20.9 Å². The monoisotopic (exact) mass is 506 g/mol. The molecule has 0 bridgehead atoms. The van der Waals surface area contributed by atoms with Crippen LogP contribution in [0.3, 0.4) is 0 Å². The van der Waals surface area contributed by atoms with Gasteiger partial charge in [0.2, 0.25) is 0 Å². The zero-order chi connectivity index (χ0) is 21.2. The molecule has 0 heterocycles. The topological polar surface area (TPSA) is 97.7 Å². The molecule has 1 N–H and O–H groups in total. The first-order chi connectivity index (χ1) is 14.0. The van der Waals surface area contributed by atoms with E-state index in [4.69, 9.17) is 9.47 Å². The minimum atomic E-state index is -0.520. The van der Waals surface area contributed by atoms with Gasteiger partial charge in [-0.25, -0.2) is 4.79 Å². The number of ether oxygens (including phenoxy) is 3. The highest BCUT2D eigenvalue weighted by molar-refractivity contribution is 14.1. The van der Waals surface area contributed by atoms with Gasteiger partial charge in [-0.1, -0.05) is 30.3 Å². The van der Waals surface area contributed by atoms with E-state index >= 15 is 0 Å². The van der Waals surface area contributed by atoms with Gasteiger partial charge >= 0.3 is 5.97 Å². The van der Waals surface area contributed by atoms with E-state index in [9.17, 15) is 14.9 Å². The van der Waals surface area contributed by atoms with Crippen molar-refractivity contribution in [2.75, 3.05) is 20.8 Å². The van der Waals surface area contributed by atoms with Crippen molar-refractivity contribution in [3.63, 3.8) is 0 Å². The third-order valence-corrected chi connectivity index (χ3v) is 4.59. The fourth-order valence-corrected chi connectivity index (χ4v) is 3.12. The van der Waals surface area contributed by atoms with Gasteiger partial charge in [-0.05, 0) is 51.9 Å². The molecule has 0 aliphatic rings. The SMILES string of the molecule is COC(=O)COc1c(I)cc(/C=C(/C#N)C(=O)NCc2ccccc2)cc1OC. The second kappa shape index (κ2) is 11.1. The normalized spacial score (nSPS) is 10.6. The zero-order valence-corrected chi connectivity index (χ0v) is 18.1. The van der Waals surface area contributed by atoms with Crippen molar-refractivity contribution in [1.29, 1.82) is 5.26 Å². The molecule has 29 heavy (non-hydrogen) atoms. The second-order valence-electron chi connectivity index (χ2n) is 5.74. The van der Waals surface area contributed by atoms with Crippen LogP contribution < -0.4 is 14.8 Å². The lowest BCUT2D eigenvalue weighted by atomic mass is 10.1. The van der Waals surface area contributed by atoms with E-state index in [-0.39, 0.29) is 12.2 Å². The van der Waals surface area contributed by atoms with Gasteiger partial charge in [-0.15, -0.1) is 0 Å². The summed E-state index contributed by atoms with van der Waals surface area (Å²) in [5.74, 6) is -0.248. The molecule has 0 aliphatic heterocycles. The van der Waals surface area contributed by atoms with Crippen LogP contribution in [0.4, 0.5) is 0 Å². The standard InChI is InChI=1S/C21H19IN2O5/c1-27-18-10-15(9-17(22)20(18)29-13-19(25)28-2)8-16(11-23)21(26)24-12-14-6-4-3-5-7-14/h3-10H,12-13H2,1-2H3,(H,24,26)/b16-8-. The summed E-state index contributed by atoms with van der Waals surface area (Å²) in [7, 11) is 2.73. The van der Waals surface area contributed by atoms with Crippen molar-refractivity contribution < 1.29 is 23.8 Å². The molecule has 0 spiro atoms. The van der Waals surface area contributed by atoms with Crippen molar-refractivity contribution in [3.05, 3.63) is 62.7 Å². The Kier molecular flexibility index (Phi) is 8.48. The molecule has 2 aromatic rings. The predicted octanol–water partition coefficient (Wildman–Crippen LogP) is 3.07. The van der Waals surface area contributed by atoms with Crippen LogP contribution in [0, 0.1) is 14.9 Å². The van der Waals surface area contributed by atoms with Gasteiger partial charge in [0.25, 0.3) is 5.91 Å². The quantitative estimate of drug-likeness (QED) is 0.256. The maximum absolute atomic E-state index is 12.4. The van der Waals surface area contributed by atoms with Crippen molar-refractivity contribution in [2.24, 2.45) is 0 Å². The lowest BCUT2D eigenvalue weighted by Crippen LogP contribution is -2.23. The molecule has 0 fully saturated rings. The van der Waals surface area contributed by atoms with Gasteiger partial charge in [0, 0.05) is 6.54 Å². The Morgan fingerprint density at radius 1 is 1.21 bits per heavy atom. The Balaban J connectivity index is 2.19. The molecule has 0 atom stereocenters. The highest BCUT2D eigenvalue weighted by atomic mass is 127. The molecule has 0 unspecified atom stereocenters. The summed E-state index contributed by atoms with van der Waals surface area (Å²) in [6, 6.07) is 14.7. The number of esters is 1. The minimum absolute atomic E-state index is 0.0398. The fourth-order valence-electron chi connectivity index (χ4n) is 2.34. The van der Waals surface area contributed by atoms with Gasteiger partial charge in [0.1, 0.15) is 11.6 Å². The van der Waals surface area contributed by atoms with E-state index in [1.54, 1.807) is 12.1 Å². The van der Waals surface area contributed by atoms with Crippen molar-refractivity contribution >= 4 is 40.5 Å².